The van der Waals surface area contributed by atoms with Gasteiger partial charge in [-0.25, -0.2) is 0 Å². The molecule has 0 radical (unpaired) electrons. The molecule has 1 aromatic rings. The first-order chi connectivity index (χ1) is 8.58. The van der Waals surface area contributed by atoms with E-state index in [0.717, 1.165) is 36.5 Å². The average Bonchev–Trinajstić information content (AvgIpc) is 2.36. The SMILES string of the molecule is CCN(CC)CCOc1ccc(C(C)=O)cc1C. The molecule has 0 aliphatic rings. The van der Waals surface area contributed by atoms with Crippen LogP contribution in [0.2, 0.25) is 0 Å². The zero-order valence-corrected chi connectivity index (χ0v) is 11.8. The van der Waals surface area contributed by atoms with Gasteiger partial charge in [0.15, 0.2) is 5.78 Å². The van der Waals surface area contributed by atoms with E-state index >= 15 is 0 Å². The van der Waals surface area contributed by atoms with Crippen LogP contribution < -0.4 is 4.74 Å². The number of hydrogen-bond donors (Lipinski definition) is 0. The standard InChI is InChI=1S/C15H23NO2/c1-5-16(6-2)9-10-18-15-8-7-14(13(4)17)11-12(15)3/h7-8,11H,5-6,9-10H2,1-4H3. The minimum Gasteiger partial charge on any atom is -0.492 e. The van der Waals surface area contributed by atoms with Crippen molar-refractivity contribution in [2.24, 2.45) is 0 Å². The molecule has 0 atom stereocenters. The summed E-state index contributed by atoms with van der Waals surface area (Å²) in [4.78, 5) is 13.6. The number of ether oxygens (including phenoxy) is 1. The Hall–Kier alpha value is -1.35. The van der Waals surface area contributed by atoms with Crippen molar-refractivity contribution >= 4 is 5.78 Å². The number of Topliss-reactive ketones (excluding diaryl/α,β-unsaturated/α-hetero) is 1. The molecule has 1 rings (SSSR count). The molecule has 3 nitrogen and oxygen atoms in total. The van der Waals surface area contributed by atoms with E-state index in [1.807, 2.05) is 25.1 Å². The third-order valence-electron chi connectivity index (χ3n) is 3.14. The van der Waals surface area contributed by atoms with Gasteiger partial charge in [-0.15, -0.1) is 0 Å². The van der Waals surface area contributed by atoms with Crippen molar-refractivity contribution < 1.29 is 9.53 Å². The van der Waals surface area contributed by atoms with Gasteiger partial charge < -0.3 is 9.64 Å². The molecule has 0 aromatic heterocycles. The Labute approximate surface area is 110 Å². The first-order valence-electron chi connectivity index (χ1n) is 6.55. The maximum Gasteiger partial charge on any atom is 0.159 e. The predicted molar refractivity (Wildman–Crippen MR) is 74.5 cm³/mol. The van der Waals surface area contributed by atoms with E-state index in [2.05, 4.69) is 18.7 Å². The first-order valence-corrected chi connectivity index (χ1v) is 6.55. The maximum atomic E-state index is 11.2. The number of carbonyl (C=O) groups excluding carboxylic acids is 1. The second-order valence-electron chi connectivity index (χ2n) is 4.41. The molecule has 0 heterocycles. The van der Waals surface area contributed by atoms with Crippen molar-refractivity contribution in [3.63, 3.8) is 0 Å². The van der Waals surface area contributed by atoms with E-state index in [0.29, 0.717) is 6.61 Å². The van der Waals surface area contributed by atoms with Gasteiger partial charge in [0.25, 0.3) is 0 Å². The molecule has 0 fully saturated rings. The van der Waals surface area contributed by atoms with Crippen LogP contribution in [0.5, 0.6) is 5.75 Å². The zero-order valence-electron chi connectivity index (χ0n) is 11.8. The highest BCUT2D eigenvalue weighted by atomic mass is 16.5. The summed E-state index contributed by atoms with van der Waals surface area (Å²) in [6.45, 7) is 11.6. The van der Waals surface area contributed by atoms with Gasteiger partial charge in [0, 0.05) is 12.1 Å². The van der Waals surface area contributed by atoms with Gasteiger partial charge in [0.05, 0.1) is 0 Å². The number of carbonyl (C=O) groups is 1. The van der Waals surface area contributed by atoms with Crippen LogP contribution in [0.4, 0.5) is 0 Å². The van der Waals surface area contributed by atoms with Crippen LogP contribution in [0.3, 0.4) is 0 Å². The Balaban J connectivity index is 2.55. The molecule has 0 amide bonds. The lowest BCUT2D eigenvalue weighted by molar-refractivity contribution is 0.101. The van der Waals surface area contributed by atoms with Crippen LogP contribution in [0, 0.1) is 6.92 Å². The molecule has 0 saturated heterocycles. The minimum absolute atomic E-state index is 0.0905. The number of rotatable bonds is 7. The molecule has 100 valence electrons. The summed E-state index contributed by atoms with van der Waals surface area (Å²) >= 11 is 0. The normalized spacial score (nSPS) is 10.7. The number of aryl methyl sites for hydroxylation is 1. The summed E-state index contributed by atoms with van der Waals surface area (Å²) in [5, 5.41) is 0. The number of likely N-dealkylation sites (N-methyl/N-ethyl adjacent to an activating group) is 1. The van der Waals surface area contributed by atoms with Crippen LogP contribution in [-0.4, -0.2) is 36.9 Å². The fourth-order valence-electron chi connectivity index (χ4n) is 1.85. The topological polar surface area (TPSA) is 29.5 Å². The molecule has 0 saturated carbocycles. The molecule has 18 heavy (non-hydrogen) atoms. The van der Waals surface area contributed by atoms with Crippen molar-refractivity contribution in [1.29, 1.82) is 0 Å². The molecule has 0 bridgehead atoms. The third kappa shape index (κ3) is 4.15. The highest BCUT2D eigenvalue weighted by Crippen LogP contribution is 2.19. The second kappa shape index (κ2) is 7.17. The van der Waals surface area contributed by atoms with Gasteiger partial charge in [-0.2, -0.15) is 0 Å². The molecule has 0 unspecified atom stereocenters. The second-order valence-corrected chi connectivity index (χ2v) is 4.41. The Kier molecular flexibility index (Phi) is 5.86. The lowest BCUT2D eigenvalue weighted by Gasteiger charge is -2.18. The third-order valence-corrected chi connectivity index (χ3v) is 3.14. The quantitative estimate of drug-likeness (QED) is 0.696. The molecule has 3 heteroatoms. The number of benzene rings is 1. The average molecular weight is 249 g/mol. The van der Waals surface area contributed by atoms with Gasteiger partial charge >= 0.3 is 0 Å². The summed E-state index contributed by atoms with van der Waals surface area (Å²) < 4.78 is 5.75. The van der Waals surface area contributed by atoms with Gasteiger partial charge in [0.2, 0.25) is 0 Å². The molecule has 0 N–H and O–H groups in total. The number of ketones is 1. The first kappa shape index (κ1) is 14.7. The van der Waals surface area contributed by atoms with E-state index < -0.39 is 0 Å². The summed E-state index contributed by atoms with van der Waals surface area (Å²) in [6.07, 6.45) is 0. The van der Waals surface area contributed by atoms with Gasteiger partial charge in [-0.3, -0.25) is 4.79 Å². The van der Waals surface area contributed by atoms with Crippen LogP contribution >= 0.6 is 0 Å². The van der Waals surface area contributed by atoms with Crippen LogP contribution in [0.15, 0.2) is 18.2 Å². The fourth-order valence-corrected chi connectivity index (χ4v) is 1.85. The van der Waals surface area contributed by atoms with Gasteiger partial charge in [-0.05, 0) is 50.7 Å². The lowest BCUT2D eigenvalue weighted by Crippen LogP contribution is -2.28. The van der Waals surface area contributed by atoms with Crippen molar-refractivity contribution in [3.05, 3.63) is 29.3 Å². The molecule has 0 spiro atoms. The van der Waals surface area contributed by atoms with Crippen molar-refractivity contribution in [2.75, 3.05) is 26.2 Å². The Bertz CT molecular complexity index is 397. The summed E-state index contributed by atoms with van der Waals surface area (Å²) in [6, 6.07) is 5.59. The molecule has 0 aliphatic carbocycles. The van der Waals surface area contributed by atoms with E-state index in [9.17, 15) is 4.79 Å². The van der Waals surface area contributed by atoms with Crippen LogP contribution in [-0.2, 0) is 0 Å². The van der Waals surface area contributed by atoms with E-state index in [4.69, 9.17) is 4.74 Å². The van der Waals surface area contributed by atoms with E-state index in [1.54, 1.807) is 6.92 Å². The zero-order chi connectivity index (χ0) is 13.5. The summed E-state index contributed by atoms with van der Waals surface area (Å²) in [5.74, 6) is 0.958. The summed E-state index contributed by atoms with van der Waals surface area (Å²) in [7, 11) is 0. The van der Waals surface area contributed by atoms with Crippen molar-refractivity contribution in [1.82, 2.24) is 4.90 Å². The molecule has 1 aromatic carbocycles. The molecule has 0 aliphatic heterocycles. The molecular weight excluding hydrogens is 226 g/mol. The monoisotopic (exact) mass is 249 g/mol. The summed E-state index contributed by atoms with van der Waals surface area (Å²) in [5.41, 5.74) is 1.76. The van der Waals surface area contributed by atoms with E-state index in [-0.39, 0.29) is 5.78 Å². The van der Waals surface area contributed by atoms with Crippen molar-refractivity contribution in [2.45, 2.75) is 27.7 Å². The van der Waals surface area contributed by atoms with Crippen molar-refractivity contribution in [3.8, 4) is 5.75 Å². The predicted octanol–water partition coefficient (Wildman–Crippen LogP) is 2.92. The Morgan fingerprint density at radius 2 is 1.94 bits per heavy atom. The highest BCUT2D eigenvalue weighted by molar-refractivity contribution is 5.94. The maximum absolute atomic E-state index is 11.2. The minimum atomic E-state index is 0.0905. The van der Waals surface area contributed by atoms with Gasteiger partial charge in [-0.1, -0.05) is 13.8 Å². The van der Waals surface area contributed by atoms with Crippen LogP contribution in [0.25, 0.3) is 0 Å². The van der Waals surface area contributed by atoms with E-state index in [1.165, 1.54) is 0 Å². The largest absolute Gasteiger partial charge is 0.492 e. The Morgan fingerprint density at radius 1 is 1.28 bits per heavy atom. The fraction of sp³-hybridized carbons (Fsp3) is 0.533. The number of hydrogen-bond acceptors (Lipinski definition) is 3. The van der Waals surface area contributed by atoms with Crippen LogP contribution in [0.1, 0.15) is 36.7 Å². The van der Waals surface area contributed by atoms with Gasteiger partial charge in [0.1, 0.15) is 12.4 Å². The lowest BCUT2D eigenvalue weighted by atomic mass is 10.1. The number of nitrogens with zero attached hydrogens (tertiary/aromatic N) is 1. The Morgan fingerprint density at radius 3 is 2.44 bits per heavy atom. The smallest absolute Gasteiger partial charge is 0.159 e. The molecular formula is C15H23NO2. The highest BCUT2D eigenvalue weighted by Gasteiger charge is 2.05.